The van der Waals surface area contributed by atoms with Gasteiger partial charge in [-0.15, -0.1) is 0 Å². The molecule has 0 bridgehead atoms. The van der Waals surface area contributed by atoms with E-state index in [9.17, 15) is 4.79 Å². The summed E-state index contributed by atoms with van der Waals surface area (Å²) in [6.07, 6.45) is 0. The van der Waals surface area contributed by atoms with Crippen LogP contribution in [0.5, 0.6) is 0 Å². The number of aliphatic carboxylic acids is 1. The van der Waals surface area contributed by atoms with E-state index in [1.165, 1.54) is 5.39 Å². The summed E-state index contributed by atoms with van der Waals surface area (Å²) in [5.74, 6) is -1.20. The molecule has 0 aliphatic heterocycles. The maximum Gasteiger partial charge on any atom is 0.308 e. The Morgan fingerprint density at radius 2 is 1.78 bits per heavy atom. The normalized spacial score (nSPS) is 14.1. The standard InChI is InChI=1S/C15H17NO2/c1-10(15(17)18)11(2)16-14-8-7-12-5-3-4-6-13(12)9-14/h3-11,16H,1-2H3,(H,17,18). The Kier molecular flexibility index (Phi) is 3.51. The lowest BCUT2D eigenvalue weighted by molar-refractivity contribution is -0.141. The molecule has 0 spiro atoms. The minimum absolute atomic E-state index is 0.108. The summed E-state index contributed by atoms with van der Waals surface area (Å²) in [4.78, 5) is 10.9. The van der Waals surface area contributed by atoms with Gasteiger partial charge in [0, 0.05) is 11.7 Å². The van der Waals surface area contributed by atoms with Gasteiger partial charge in [0.05, 0.1) is 5.92 Å². The van der Waals surface area contributed by atoms with Crippen LogP contribution < -0.4 is 5.32 Å². The van der Waals surface area contributed by atoms with Crippen molar-refractivity contribution in [2.45, 2.75) is 19.9 Å². The van der Waals surface area contributed by atoms with Crippen molar-refractivity contribution in [3.05, 3.63) is 42.5 Å². The zero-order valence-electron chi connectivity index (χ0n) is 10.6. The molecule has 3 heteroatoms. The highest BCUT2D eigenvalue weighted by atomic mass is 16.4. The van der Waals surface area contributed by atoms with Gasteiger partial charge in [-0.2, -0.15) is 0 Å². The summed E-state index contributed by atoms with van der Waals surface area (Å²) in [5.41, 5.74) is 0.953. The van der Waals surface area contributed by atoms with Crippen molar-refractivity contribution in [1.82, 2.24) is 0 Å². The molecule has 94 valence electrons. The second-order valence-corrected chi connectivity index (χ2v) is 4.62. The average Bonchev–Trinajstić information content (AvgIpc) is 2.37. The number of carbonyl (C=O) groups is 1. The Balaban J connectivity index is 2.19. The average molecular weight is 243 g/mol. The smallest absolute Gasteiger partial charge is 0.308 e. The molecule has 2 atom stereocenters. The lowest BCUT2D eigenvalue weighted by atomic mass is 10.0. The van der Waals surface area contributed by atoms with Gasteiger partial charge < -0.3 is 10.4 Å². The van der Waals surface area contributed by atoms with Crippen molar-refractivity contribution < 1.29 is 9.90 Å². The molecule has 0 aliphatic carbocycles. The molecule has 0 fully saturated rings. The number of carboxylic acid groups (broad SMARTS) is 1. The molecular formula is C15H17NO2. The van der Waals surface area contributed by atoms with E-state index in [1.807, 2.05) is 43.3 Å². The van der Waals surface area contributed by atoms with E-state index in [-0.39, 0.29) is 6.04 Å². The maximum absolute atomic E-state index is 10.9. The third kappa shape index (κ3) is 2.62. The Morgan fingerprint density at radius 3 is 2.44 bits per heavy atom. The molecule has 2 aromatic rings. The predicted octanol–water partition coefficient (Wildman–Crippen LogP) is 3.36. The molecule has 2 unspecified atom stereocenters. The molecule has 2 rings (SSSR count). The molecule has 0 saturated heterocycles. The second kappa shape index (κ2) is 5.08. The molecule has 0 radical (unpaired) electrons. The van der Waals surface area contributed by atoms with Crippen LogP contribution in [0.1, 0.15) is 13.8 Å². The summed E-state index contributed by atoms with van der Waals surface area (Å²) in [7, 11) is 0. The van der Waals surface area contributed by atoms with Crippen LogP contribution in [-0.2, 0) is 4.79 Å². The van der Waals surface area contributed by atoms with E-state index in [0.717, 1.165) is 11.1 Å². The van der Waals surface area contributed by atoms with Crippen molar-refractivity contribution in [2.24, 2.45) is 5.92 Å². The first kappa shape index (κ1) is 12.4. The third-order valence-corrected chi connectivity index (χ3v) is 3.28. The topological polar surface area (TPSA) is 49.3 Å². The summed E-state index contributed by atoms with van der Waals surface area (Å²) < 4.78 is 0. The Hall–Kier alpha value is -2.03. The van der Waals surface area contributed by atoms with Crippen molar-refractivity contribution in [1.29, 1.82) is 0 Å². The fourth-order valence-corrected chi connectivity index (χ4v) is 1.88. The van der Waals surface area contributed by atoms with Gasteiger partial charge in [-0.3, -0.25) is 4.79 Å². The van der Waals surface area contributed by atoms with Gasteiger partial charge in [-0.05, 0) is 36.8 Å². The summed E-state index contributed by atoms with van der Waals surface area (Å²) in [6, 6.07) is 14.1. The SMILES string of the molecule is CC(Nc1ccc2ccccc2c1)C(C)C(=O)O. The molecule has 18 heavy (non-hydrogen) atoms. The van der Waals surface area contributed by atoms with E-state index in [2.05, 4.69) is 11.4 Å². The highest BCUT2D eigenvalue weighted by molar-refractivity contribution is 5.85. The van der Waals surface area contributed by atoms with E-state index in [0.29, 0.717) is 0 Å². The molecule has 0 amide bonds. The molecular weight excluding hydrogens is 226 g/mol. The van der Waals surface area contributed by atoms with Crippen molar-refractivity contribution in [3.63, 3.8) is 0 Å². The van der Waals surface area contributed by atoms with Crippen LogP contribution in [0.15, 0.2) is 42.5 Å². The van der Waals surface area contributed by atoms with Gasteiger partial charge in [0.25, 0.3) is 0 Å². The highest BCUT2D eigenvalue weighted by Gasteiger charge is 2.18. The summed E-state index contributed by atoms with van der Waals surface area (Å²) >= 11 is 0. The lowest BCUT2D eigenvalue weighted by Gasteiger charge is -2.19. The Labute approximate surface area is 106 Å². The quantitative estimate of drug-likeness (QED) is 0.865. The minimum atomic E-state index is -0.782. The van der Waals surface area contributed by atoms with Gasteiger partial charge in [-0.1, -0.05) is 30.3 Å². The minimum Gasteiger partial charge on any atom is -0.481 e. The number of fused-ring (bicyclic) bond motifs is 1. The fourth-order valence-electron chi connectivity index (χ4n) is 1.88. The first-order chi connectivity index (χ1) is 8.58. The van der Waals surface area contributed by atoms with Crippen LogP contribution in [0.2, 0.25) is 0 Å². The van der Waals surface area contributed by atoms with Crippen LogP contribution in [0.4, 0.5) is 5.69 Å². The molecule has 3 nitrogen and oxygen atoms in total. The van der Waals surface area contributed by atoms with Crippen LogP contribution in [0, 0.1) is 5.92 Å². The van der Waals surface area contributed by atoms with Crippen LogP contribution >= 0.6 is 0 Å². The molecule has 0 heterocycles. The number of benzene rings is 2. The molecule has 2 N–H and O–H groups in total. The fraction of sp³-hybridized carbons (Fsp3) is 0.267. The Bertz CT molecular complexity index is 565. The zero-order chi connectivity index (χ0) is 13.1. The van der Waals surface area contributed by atoms with Gasteiger partial charge in [-0.25, -0.2) is 0 Å². The largest absolute Gasteiger partial charge is 0.481 e. The Morgan fingerprint density at radius 1 is 1.11 bits per heavy atom. The van der Waals surface area contributed by atoms with Gasteiger partial charge in [0.1, 0.15) is 0 Å². The zero-order valence-corrected chi connectivity index (χ0v) is 10.6. The number of hydrogen-bond donors (Lipinski definition) is 2. The lowest BCUT2D eigenvalue weighted by Crippen LogP contribution is -2.29. The van der Waals surface area contributed by atoms with Gasteiger partial charge in [0.15, 0.2) is 0 Å². The number of nitrogens with one attached hydrogen (secondary N) is 1. The molecule has 2 aromatic carbocycles. The third-order valence-electron chi connectivity index (χ3n) is 3.28. The van der Waals surface area contributed by atoms with E-state index < -0.39 is 11.9 Å². The first-order valence-electron chi connectivity index (χ1n) is 6.06. The van der Waals surface area contributed by atoms with Gasteiger partial charge in [0.2, 0.25) is 0 Å². The summed E-state index contributed by atoms with van der Waals surface area (Å²) in [5, 5.41) is 14.5. The van der Waals surface area contributed by atoms with E-state index in [4.69, 9.17) is 5.11 Å². The number of carboxylic acids is 1. The summed E-state index contributed by atoms with van der Waals surface area (Å²) in [6.45, 7) is 3.59. The number of rotatable bonds is 4. The van der Waals surface area contributed by atoms with E-state index >= 15 is 0 Å². The van der Waals surface area contributed by atoms with Crippen molar-refractivity contribution in [2.75, 3.05) is 5.32 Å². The van der Waals surface area contributed by atoms with Crippen molar-refractivity contribution >= 4 is 22.4 Å². The molecule has 0 aromatic heterocycles. The first-order valence-corrected chi connectivity index (χ1v) is 6.06. The molecule has 0 saturated carbocycles. The van der Waals surface area contributed by atoms with Crippen LogP contribution in [-0.4, -0.2) is 17.1 Å². The molecule has 0 aliphatic rings. The predicted molar refractivity (Wildman–Crippen MR) is 73.8 cm³/mol. The monoisotopic (exact) mass is 243 g/mol. The van der Waals surface area contributed by atoms with Crippen LogP contribution in [0.3, 0.4) is 0 Å². The number of anilines is 1. The van der Waals surface area contributed by atoms with E-state index in [1.54, 1.807) is 6.92 Å². The second-order valence-electron chi connectivity index (χ2n) is 4.62. The van der Waals surface area contributed by atoms with Gasteiger partial charge >= 0.3 is 5.97 Å². The van der Waals surface area contributed by atoms with Crippen molar-refractivity contribution in [3.8, 4) is 0 Å². The highest BCUT2D eigenvalue weighted by Crippen LogP contribution is 2.20. The van der Waals surface area contributed by atoms with Crippen LogP contribution in [0.25, 0.3) is 10.8 Å². The maximum atomic E-state index is 10.9. The number of hydrogen-bond acceptors (Lipinski definition) is 2.